The second-order valence-electron chi connectivity index (χ2n) is 6.33. The van der Waals surface area contributed by atoms with Crippen molar-refractivity contribution in [1.29, 1.82) is 0 Å². The SMILES string of the molecule is C#CCOCCOCCOCCOCCOCCC(=O)NCCCCCCO[PH](=O)O. The normalized spacial score (nSPS) is 11.9. The molecule has 0 saturated heterocycles. The van der Waals surface area contributed by atoms with Gasteiger partial charge in [-0.25, -0.2) is 0 Å². The average Bonchev–Trinajstić information content (AvgIpc) is 2.75. The van der Waals surface area contributed by atoms with Gasteiger partial charge in [-0.2, -0.15) is 0 Å². The first-order valence-electron chi connectivity index (χ1n) is 10.6. The molecule has 1 amide bonds. The van der Waals surface area contributed by atoms with Gasteiger partial charge >= 0.3 is 8.25 Å². The lowest BCUT2D eigenvalue weighted by Gasteiger charge is -2.08. The molecule has 182 valence electrons. The Morgan fingerprint density at radius 1 is 0.774 bits per heavy atom. The maximum atomic E-state index is 11.7. The maximum Gasteiger partial charge on any atom is 0.316 e. The van der Waals surface area contributed by atoms with Crippen LogP contribution in [0.3, 0.4) is 0 Å². The van der Waals surface area contributed by atoms with Crippen molar-refractivity contribution in [2.75, 3.05) is 79.2 Å². The van der Waals surface area contributed by atoms with Gasteiger partial charge < -0.3 is 38.4 Å². The molecule has 31 heavy (non-hydrogen) atoms. The third kappa shape index (κ3) is 26.9. The molecule has 0 rings (SSSR count). The van der Waals surface area contributed by atoms with Gasteiger partial charge in [-0.3, -0.25) is 9.36 Å². The summed E-state index contributed by atoms with van der Waals surface area (Å²) in [6.07, 6.45) is 8.80. The Morgan fingerprint density at radius 2 is 1.29 bits per heavy atom. The molecule has 0 aliphatic heterocycles. The summed E-state index contributed by atoms with van der Waals surface area (Å²) < 4.78 is 41.4. The Morgan fingerprint density at radius 3 is 1.84 bits per heavy atom. The van der Waals surface area contributed by atoms with E-state index < -0.39 is 8.25 Å². The maximum absolute atomic E-state index is 11.7. The van der Waals surface area contributed by atoms with E-state index in [0.717, 1.165) is 25.7 Å². The molecule has 0 heterocycles. The Balaban J connectivity index is 3.15. The fraction of sp³-hybridized carbons (Fsp3) is 0.850. The molecule has 0 aromatic carbocycles. The molecule has 1 unspecified atom stereocenters. The second kappa shape index (κ2) is 25.2. The van der Waals surface area contributed by atoms with E-state index in [4.69, 9.17) is 35.0 Å². The predicted octanol–water partition coefficient (Wildman–Crippen LogP) is 1.17. The lowest BCUT2D eigenvalue weighted by Crippen LogP contribution is -2.25. The summed E-state index contributed by atoms with van der Waals surface area (Å²) in [6, 6.07) is 0. The summed E-state index contributed by atoms with van der Waals surface area (Å²) in [6.45, 7) is 5.34. The quantitative estimate of drug-likeness (QED) is 0.122. The van der Waals surface area contributed by atoms with Crippen molar-refractivity contribution in [3.05, 3.63) is 0 Å². The Bertz CT molecular complexity index is 474. The summed E-state index contributed by atoms with van der Waals surface area (Å²) in [4.78, 5) is 20.2. The van der Waals surface area contributed by atoms with Gasteiger partial charge in [0, 0.05) is 13.0 Å². The van der Waals surface area contributed by atoms with Gasteiger partial charge in [-0.1, -0.05) is 18.8 Å². The van der Waals surface area contributed by atoms with Crippen LogP contribution in [0.1, 0.15) is 32.1 Å². The molecule has 0 saturated carbocycles. The van der Waals surface area contributed by atoms with Crippen molar-refractivity contribution >= 4 is 14.2 Å². The standard InChI is InChI=1S/C20H38NO9P/c1-2-9-25-12-14-27-16-18-29-19-17-28-15-13-26-11-7-20(22)21-8-5-3-4-6-10-30-31(23)24/h1,31H,3-19H2,(H,21,22)(H,23,24). The van der Waals surface area contributed by atoms with Gasteiger partial charge in [0.15, 0.2) is 0 Å². The molecule has 0 aliphatic carbocycles. The van der Waals surface area contributed by atoms with Gasteiger partial charge in [0.2, 0.25) is 5.91 Å². The summed E-state index contributed by atoms with van der Waals surface area (Å²) in [7, 11) is -2.81. The van der Waals surface area contributed by atoms with E-state index in [1.54, 1.807) is 0 Å². The number of hydrogen-bond donors (Lipinski definition) is 2. The smallest absolute Gasteiger partial charge is 0.316 e. The van der Waals surface area contributed by atoms with Crippen molar-refractivity contribution in [2.24, 2.45) is 0 Å². The van der Waals surface area contributed by atoms with Gasteiger partial charge in [0.25, 0.3) is 0 Å². The van der Waals surface area contributed by atoms with E-state index >= 15 is 0 Å². The van der Waals surface area contributed by atoms with E-state index in [1.165, 1.54) is 0 Å². The van der Waals surface area contributed by atoms with Crippen LogP contribution in [-0.4, -0.2) is 90.0 Å². The Kier molecular flexibility index (Phi) is 24.4. The van der Waals surface area contributed by atoms with Crippen LogP contribution in [0.5, 0.6) is 0 Å². The number of nitrogens with one attached hydrogen (secondary N) is 1. The minimum Gasteiger partial charge on any atom is -0.379 e. The number of carbonyl (C=O) groups excluding carboxylic acids is 1. The molecule has 10 nitrogen and oxygen atoms in total. The molecular formula is C20H38NO9P. The van der Waals surface area contributed by atoms with Gasteiger partial charge in [0.05, 0.1) is 66.1 Å². The molecule has 0 aliphatic rings. The highest BCUT2D eigenvalue weighted by atomic mass is 31.1. The highest BCUT2D eigenvalue weighted by Crippen LogP contribution is 2.15. The molecule has 0 aromatic rings. The van der Waals surface area contributed by atoms with Crippen molar-refractivity contribution in [1.82, 2.24) is 5.32 Å². The first-order valence-corrected chi connectivity index (χ1v) is 11.9. The van der Waals surface area contributed by atoms with E-state index in [9.17, 15) is 9.36 Å². The van der Waals surface area contributed by atoms with E-state index in [0.29, 0.717) is 85.6 Å². The Labute approximate surface area is 186 Å². The van der Waals surface area contributed by atoms with Gasteiger partial charge in [-0.15, -0.1) is 6.42 Å². The summed E-state index contributed by atoms with van der Waals surface area (Å²) >= 11 is 0. The number of rotatable bonds is 24. The number of carbonyl (C=O) groups is 1. The lowest BCUT2D eigenvalue weighted by atomic mass is 10.2. The van der Waals surface area contributed by atoms with Gasteiger partial charge in [0.1, 0.15) is 6.61 Å². The molecule has 0 bridgehead atoms. The van der Waals surface area contributed by atoms with Crippen LogP contribution in [0, 0.1) is 12.3 Å². The highest BCUT2D eigenvalue weighted by molar-refractivity contribution is 7.32. The van der Waals surface area contributed by atoms with Crippen molar-refractivity contribution in [2.45, 2.75) is 32.1 Å². The molecule has 11 heteroatoms. The number of amides is 1. The first-order chi connectivity index (χ1) is 15.2. The first kappa shape index (κ1) is 30.0. The minimum atomic E-state index is -2.81. The topological polar surface area (TPSA) is 122 Å². The van der Waals surface area contributed by atoms with Crippen molar-refractivity contribution in [3.8, 4) is 12.3 Å². The molecular weight excluding hydrogens is 429 g/mol. The second-order valence-corrected chi connectivity index (χ2v) is 7.16. The summed E-state index contributed by atoms with van der Waals surface area (Å²) in [5, 5.41) is 2.84. The molecule has 0 radical (unpaired) electrons. The van der Waals surface area contributed by atoms with E-state index in [1.807, 2.05) is 0 Å². The minimum absolute atomic E-state index is 0.0404. The van der Waals surface area contributed by atoms with E-state index in [-0.39, 0.29) is 5.91 Å². The zero-order valence-corrected chi connectivity index (χ0v) is 19.3. The van der Waals surface area contributed by atoms with Crippen LogP contribution in [-0.2, 0) is 37.6 Å². The molecule has 1 atom stereocenters. The number of ether oxygens (including phenoxy) is 5. The zero-order chi connectivity index (χ0) is 22.8. The Hall–Kier alpha value is -1.02. The fourth-order valence-corrected chi connectivity index (χ4v) is 2.55. The summed E-state index contributed by atoms with van der Waals surface area (Å²) in [5.41, 5.74) is 0. The van der Waals surface area contributed by atoms with E-state index in [2.05, 4.69) is 15.8 Å². The molecule has 0 aromatic heterocycles. The largest absolute Gasteiger partial charge is 0.379 e. The van der Waals surface area contributed by atoms with Crippen molar-refractivity contribution in [3.63, 3.8) is 0 Å². The predicted molar refractivity (Wildman–Crippen MR) is 116 cm³/mol. The highest BCUT2D eigenvalue weighted by Gasteiger charge is 2.01. The van der Waals surface area contributed by atoms with Crippen LogP contribution < -0.4 is 5.32 Å². The van der Waals surface area contributed by atoms with Crippen LogP contribution in [0.25, 0.3) is 0 Å². The summed E-state index contributed by atoms with van der Waals surface area (Å²) in [5.74, 6) is 2.34. The van der Waals surface area contributed by atoms with Gasteiger partial charge in [-0.05, 0) is 12.8 Å². The monoisotopic (exact) mass is 467 g/mol. The fourth-order valence-electron chi connectivity index (χ4n) is 2.23. The number of terminal acetylenes is 1. The third-order valence-electron chi connectivity index (χ3n) is 3.77. The van der Waals surface area contributed by atoms with Crippen LogP contribution in [0.4, 0.5) is 0 Å². The number of hydrogen-bond acceptors (Lipinski definition) is 8. The van der Waals surface area contributed by atoms with Crippen LogP contribution >= 0.6 is 8.25 Å². The lowest BCUT2D eigenvalue weighted by molar-refractivity contribution is -0.122. The number of unbranched alkanes of at least 4 members (excludes halogenated alkanes) is 3. The molecule has 2 N–H and O–H groups in total. The van der Waals surface area contributed by atoms with Crippen LogP contribution in [0.2, 0.25) is 0 Å². The third-order valence-corrected chi connectivity index (χ3v) is 4.22. The average molecular weight is 467 g/mol. The molecule has 0 fully saturated rings. The molecule has 0 spiro atoms. The zero-order valence-electron chi connectivity index (χ0n) is 18.3. The van der Waals surface area contributed by atoms with Crippen LogP contribution in [0.15, 0.2) is 0 Å². The van der Waals surface area contributed by atoms with Crippen molar-refractivity contribution < 1.29 is 42.5 Å².